The first-order chi connectivity index (χ1) is 15.5. The maximum Gasteiger partial charge on any atom is 0.271 e. The molecule has 4 nitrogen and oxygen atoms in total. The average molecular weight is 455 g/mol. The second-order valence-corrected chi connectivity index (χ2v) is 9.77. The van der Waals surface area contributed by atoms with Gasteiger partial charge in [0.25, 0.3) is 11.8 Å². The van der Waals surface area contributed by atoms with Crippen molar-refractivity contribution in [1.82, 2.24) is 4.90 Å². The predicted molar refractivity (Wildman–Crippen MR) is 131 cm³/mol. The van der Waals surface area contributed by atoms with Crippen molar-refractivity contribution in [2.45, 2.75) is 13.8 Å². The quantitative estimate of drug-likeness (QED) is 0.266. The second kappa shape index (κ2) is 7.86. The lowest BCUT2D eigenvalue weighted by Gasteiger charge is -2.26. The van der Waals surface area contributed by atoms with E-state index in [1.54, 1.807) is 42.6 Å². The zero-order valence-corrected chi connectivity index (χ0v) is 19.1. The molecule has 2 aromatic heterocycles. The van der Waals surface area contributed by atoms with Gasteiger partial charge in [0.2, 0.25) is 0 Å². The SMILES string of the molecule is CCN1C(=O)C(C#N)=C(C)/C(=C/c2cc3sc(-c4ccc5ccccc5c4)cc3s2)C1=O. The van der Waals surface area contributed by atoms with Gasteiger partial charge in [0, 0.05) is 31.3 Å². The van der Waals surface area contributed by atoms with Crippen LogP contribution in [0, 0.1) is 11.3 Å². The molecule has 1 aliphatic rings. The Morgan fingerprint density at radius 3 is 2.44 bits per heavy atom. The maximum absolute atomic E-state index is 12.8. The molecule has 0 spiro atoms. The third kappa shape index (κ3) is 3.27. The smallest absolute Gasteiger partial charge is 0.271 e. The first-order valence-corrected chi connectivity index (χ1v) is 11.8. The number of benzene rings is 2. The van der Waals surface area contributed by atoms with Gasteiger partial charge in [-0.25, -0.2) is 0 Å². The van der Waals surface area contributed by atoms with Gasteiger partial charge in [0.15, 0.2) is 0 Å². The van der Waals surface area contributed by atoms with Gasteiger partial charge in [-0.05, 0) is 60.0 Å². The summed E-state index contributed by atoms with van der Waals surface area (Å²) in [5.41, 5.74) is 2.08. The summed E-state index contributed by atoms with van der Waals surface area (Å²) in [5.74, 6) is -0.857. The molecule has 1 aliphatic heterocycles. The van der Waals surface area contributed by atoms with E-state index in [2.05, 4.69) is 42.5 Å². The lowest BCUT2D eigenvalue weighted by atomic mass is 9.95. The molecule has 5 rings (SSSR count). The van der Waals surface area contributed by atoms with Gasteiger partial charge >= 0.3 is 0 Å². The molecule has 32 heavy (non-hydrogen) atoms. The van der Waals surface area contributed by atoms with Gasteiger partial charge < -0.3 is 0 Å². The summed E-state index contributed by atoms with van der Waals surface area (Å²) in [5, 5.41) is 11.9. The van der Waals surface area contributed by atoms with Gasteiger partial charge in [-0.2, -0.15) is 5.26 Å². The first kappa shape index (κ1) is 20.4. The second-order valence-electron chi connectivity index (χ2n) is 7.57. The number of nitriles is 1. The van der Waals surface area contributed by atoms with Gasteiger partial charge in [0.05, 0.1) is 0 Å². The van der Waals surface area contributed by atoms with Gasteiger partial charge in [-0.15, -0.1) is 22.7 Å². The summed E-state index contributed by atoms with van der Waals surface area (Å²) < 4.78 is 2.30. The highest BCUT2D eigenvalue weighted by molar-refractivity contribution is 7.29. The number of rotatable bonds is 3. The Kier molecular flexibility index (Phi) is 5.01. The topological polar surface area (TPSA) is 61.2 Å². The molecule has 4 aromatic rings. The zero-order valence-electron chi connectivity index (χ0n) is 17.5. The normalized spacial score (nSPS) is 15.9. The summed E-state index contributed by atoms with van der Waals surface area (Å²) >= 11 is 3.33. The molecule has 0 saturated heterocycles. The number of hydrogen-bond acceptors (Lipinski definition) is 5. The highest BCUT2D eigenvalue weighted by Crippen LogP contribution is 2.40. The fourth-order valence-electron chi connectivity index (χ4n) is 3.97. The summed E-state index contributed by atoms with van der Waals surface area (Å²) in [7, 11) is 0. The number of nitrogens with zero attached hydrogens (tertiary/aromatic N) is 2. The largest absolute Gasteiger partial charge is 0.274 e. The van der Waals surface area contributed by atoms with Crippen LogP contribution in [-0.4, -0.2) is 23.3 Å². The molecule has 6 heteroatoms. The van der Waals surface area contributed by atoms with Crippen LogP contribution in [-0.2, 0) is 9.59 Å². The summed E-state index contributed by atoms with van der Waals surface area (Å²) in [4.78, 5) is 28.5. The van der Waals surface area contributed by atoms with Crippen LogP contribution in [0.5, 0.6) is 0 Å². The van der Waals surface area contributed by atoms with E-state index >= 15 is 0 Å². The molecule has 0 saturated carbocycles. The Bertz CT molecular complexity index is 1500. The minimum atomic E-state index is -0.512. The fourth-order valence-corrected chi connectivity index (χ4v) is 6.32. The molecule has 0 fully saturated rings. The number of fused-ring (bicyclic) bond motifs is 2. The van der Waals surface area contributed by atoms with Crippen LogP contribution in [0.1, 0.15) is 18.7 Å². The van der Waals surface area contributed by atoms with Gasteiger partial charge in [-0.3, -0.25) is 14.5 Å². The minimum absolute atomic E-state index is 0.0367. The van der Waals surface area contributed by atoms with Crippen LogP contribution in [0.25, 0.3) is 36.7 Å². The maximum atomic E-state index is 12.8. The summed E-state index contributed by atoms with van der Waals surface area (Å²) in [6.07, 6.45) is 1.80. The van der Waals surface area contributed by atoms with E-state index in [0.717, 1.165) is 19.2 Å². The van der Waals surface area contributed by atoms with E-state index in [1.807, 2.05) is 18.2 Å². The summed E-state index contributed by atoms with van der Waals surface area (Å²) in [6, 6.07) is 21.0. The highest BCUT2D eigenvalue weighted by Gasteiger charge is 2.34. The molecule has 3 heterocycles. The Hall–Kier alpha value is -3.53. The van der Waals surface area contributed by atoms with Crippen LogP contribution >= 0.6 is 22.7 Å². The van der Waals surface area contributed by atoms with Crippen LogP contribution < -0.4 is 0 Å². The van der Waals surface area contributed by atoms with E-state index in [9.17, 15) is 14.9 Å². The Morgan fingerprint density at radius 2 is 1.72 bits per heavy atom. The molecular weight excluding hydrogens is 436 g/mol. The molecule has 0 radical (unpaired) electrons. The number of hydrogen-bond donors (Lipinski definition) is 0. The molecule has 0 unspecified atom stereocenters. The van der Waals surface area contributed by atoms with Crippen LogP contribution in [0.4, 0.5) is 0 Å². The number of thiophene rings is 2. The number of carbonyl (C=O) groups is 2. The zero-order chi connectivity index (χ0) is 22.4. The van der Waals surface area contributed by atoms with Crippen molar-refractivity contribution in [2.24, 2.45) is 0 Å². The van der Waals surface area contributed by atoms with E-state index in [0.29, 0.717) is 11.1 Å². The van der Waals surface area contributed by atoms with E-state index in [-0.39, 0.29) is 18.0 Å². The van der Waals surface area contributed by atoms with Crippen LogP contribution in [0.2, 0.25) is 0 Å². The minimum Gasteiger partial charge on any atom is -0.274 e. The third-order valence-corrected chi connectivity index (χ3v) is 7.98. The van der Waals surface area contributed by atoms with Crippen molar-refractivity contribution in [3.63, 3.8) is 0 Å². The standard InChI is InChI=1S/C26H18N2O2S2/c1-3-28-25(29)20(15(2)21(14-27)26(28)30)11-19-12-23-24(31-19)13-22(32-23)18-9-8-16-6-4-5-7-17(16)10-18/h4-13H,3H2,1-2H3/b20-11-. The number of imide groups is 1. The number of amides is 2. The molecule has 0 N–H and O–H groups in total. The molecule has 0 atom stereocenters. The van der Waals surface area contributed by atoms with Crippen molar-refractivity contribution < 1.29 is 9.59 Å². The van der Waals surface area contributed by atoms with Crippen molar-refractivity contribution in [2.75, 3.05) is 6.54 Å². The molecule has 0 aliphatic carbocycles. The van der Waals surface area contributed by atoms with Gasteiger partial charge in [0.1, 0.15) is 11.6 Å². The Labute approximate surface area is 193 Å². The first-order valence-electron chi connectivity index (χ1n) is 10.2. The van der Waals surface area contributed by atoms with Crippen molar-refractivity contribution in [3.05, 3.63) is 76.2 Å². The highest BCUT2D eigenvalue weighted by atomic mass is 32.1. The van der Waals surface area contributed by atoms with Crippen LogP contribution in [0.15, 0.2) is 71.3 Å². The number of likely N-dealkylation sites (N-methyl/N-ethyl adjacent to an activating group) is 1. The Morgan fingerprint density at radius 1 is 0.969 bits per heavy atom. The molecule has 2 aromatic carbocycles. The molecule has 156 valence electrons. The van der Waals surface area contributed by atoms with E-state index in [1.165, 1.54) is 21.2 Å². The third-order valence-electron chi connectivity index (χ3n) is 5.69. The number of carbonyl (C=O) groups excluding carboxylic acids is 2. The lowest BCUT2D eigenvalue weighted by Crippen LogP contribution is -2.42. The Balaban J connectivity index is 1.53. The van der Waals surface area contributed by atoms with E-state index < -0.39 is 5.91 Å². The van der Waals surface area contributed by atoms with Crippen molar-refractivity contribution >= 4 is 60.7 Å². The molecule has 0 bridgehead atoms. The fraction of sp³-hybridized carbons (Fsp3) is 0.115. The van der Waals surface area contributed by atoms with Gasteiger partial charge in [-0.1, -0.05) is 36.4 Å². The summed E-state index contributed by atoms with van der Waals surface area (Å²) in [6.45, 7) is 3.64. The molecular formula is C26H18N2O2S2. The monoisotopic (exact) mass is 454 g/mol. The molecule has 2 amide bonds. The predicted octanol–water partition coefficient (Wildman–Crippen LogP) is 6.40. The van der Waals surface area contributed by atoms with E-state index in [4.69, 9.17) is 0 Å². The lowest BCUT2D eigenvalue weighted by molar-refractivity contribution is -0.140. The van der Waals surface area contributed by atoms with Crippen LogP contribution in [0.3, 0.4) is 0 Å². The average Bonchev–Trinajstić information content (AvgIpc) is 3.36. The van der Waals surface area contributed by atoms with Crippen molar-refractivity contribution in [1.29, 1.82) is 5.26 Å². The van der Waals surface area contributed by atoms with Crippen molar-refractivity contribution in [3.8, 4) is 16.5 Å².